The predicted molar refractivity (Wildman–Crippen MR) is 89.0 cm³/mol. The van der Waals surface area contributed by atoms with E-state index in [1.165, 1.54) is 5.56 Å². The van der Waals surface area contributed by atoms with Crippen molar-refractivity contribution >= 4 is 33.1 Å². The van der Waals surface area contributed by atoms with E-state index in [1.807, 2.05) is 24.3 Å². The average Bonchev–Trinajstić information content (AvgIpc) is 2.39. The first-order valence-corrected chi connectivity index (χ1v) is 7.30. The van der Waals surface area contributed by atoms with Crippen molar-refractivity contribution in [3.05, 3.63) is 58.1 Å². The first-order valence-electron chi connectivity index (χ1n) is 6.51. The van der Waals surface area contributed by atoms with Gasteiger partial charge in [0.2, 0.25) is 0 Å². The number of amidine groups is 1. The second-order valence-corrected chi connectivity index (χ2v) is 5.57. The van der Waals surface area contributed by atoms with Crippen molar-refractivity contribution < 1.29 is 0 Å². The molecule has 0 saturated heterocycles. The molecule has 3 N–H and O–H groups in total. The van der Waals surface area contributed by atoms with Crippen LogP contribution in [0, 0.1) is 12.3 Å². The maximum absolute atomic E-state index is 7.76. The average molecular weight is 332 g/mol. The monoisotopic (exact) mass is 331 g/mol. The van der Waals surface area contributed by atoms with Gasteiger partial charge in [0.15, 0.2) is 0 Å². The van der Waals surface area contributed by atoms with E-state index in [1.54, 1.807) is 0 Å². The molecule has 3 nitrogen and oxygen atoms in total. The largest absolute Gasteiger partial charge is 0.384 e. The second-order valence-electron chi connectivity index (χ2n) is 4.66. The molecule has 0 fully saturated rings. The smallest absolute Gasteiger partial charge is 0.124 e. The van der Waals surface area contributed by atoms with Gasteiger partial charge in [0.25, 0.3) is 0 Å². The van der Waals surface area contributed by atoms with Gasteiger partial charge < -0.3 is 10.6 Å². The van der Waals surface area contributed by atoms with Crippen molar-refractivity contribution in [1.82, 2.24) is 0 Å². The van der Waals surface area contributed by atoms with Crippen molar-refractivity contribution in [2.45, 2.75) is 13.8 Å². The number of nitrogens with two attached hydrogens (primary N) is 1. The third kappa shape index (κ3) is 3.02. The summed E-state index contributed by atoms with van der Waals surface area (Å²) in [5.41, 5.74) is 9.71. The molecule has 0 atom stereocenters. The van der Waals surface area contributed by atoms with Crippen LogP contribution in [0.4, 0.5) is 11.4 Å². The van der Waals surface area contributed by atoms with Gasteiger partial charge in [-0.15, -0.1) is 0 Å². The van der Waals surface area contributed by atoms with Crippen LogP contribution in [0.15, 0.2) is 46.9 Å². The van der Waals surface area contributed by atoms with Gasteiger partial charge in [0.05, 0.1) is 5.69 Å². The first kappa shape index (κ1) is 14.6. The molecule has 0 aromatic heterocycles. The number of halogens is 1. The summed E-state index contributed by atoms with van der Waals surface area (Å²) in [6.07, 6.45) is 0. The summed E-state index contributed by atoms with van der Waals surface area (Å²) in [5.74, 6) is 0.0820. The van der Waals surface area contributed by atoms with Crippen molar-refractivity contribution in [1.29, 1.82) is 5.41 Å². The number of hydrogen-bond acceptors (Lipinski definition) is 2. The first-order chi connectivity index (χ1) is 9.52. The standard InChI is InChI=1S/C16H18BrN3/c1-3-20(13-6-4-5-11(2)9-13)15-10-12(17)7-8-14(15)16(18)19/h4-10H,3H2,1-2H3,(H3,18,19). The molecule has 0 radical (unpaired) electrons. The summed E-state index contributed by atoms with van der Waals surface area (Å²) in [6.45, 7) is 4.97. The van der Waals surface area contributed by atoms with E-state index in [0.717, 1.165) is 28.0 Å². The maximum atomic E-state index is 7.76. The molecule has 0 aliphatic heterocycles. The van der Waals surface area contributed by atoms with E-state index >= 15 is 0 Å². The van der Waals surface area contributed by atoms with Crippen LogP contribution in [-0.2, 0) is 0 Å². The summed E-state index contributed by atoms with van der Waals surface area (Å²) in [6, 6.07) is 14.1. The molecule has 4 heteroatoms. The fourth-order valence-electron chi connectivity index (χ4n) is 2.24. The number of hydrogen-bond donors (Lipinski definition) is 2. The van der Waals surface area contributed by atoms with E-state index in [4.69, 9.17) is 11.1 Å². The second kappa shape index (κ2) is 6.09. The molecule has 2 aromatic rings. The van der Waals surface area contributed by atoms with Crippen LogP contribution in [0.2, 0.25) is 0 Å². The fraction of sp³-hybridized carbons (Fsp3) is 0.188. The number of anilines is 2. The number of nitrogens with one attached hydrogen (secondary N) is 1. The zero-order valence-corrected chi connectivity index (χ0v) is 13.2. The highest BCUT2D eigenvalue weighted by atomic mass is 79.9. The molecule has 104 valence electrons. The molecular formula is C16H18BrN3. The molecule has 0 spiro atoms. The van der Waals surface area contributed by atoms with Gasteiger partial charge in [0, 0.05) is 22.3 Å². The van der Waals surface area contributed by atoms with Crippen molar-refractivity contribution in [3.8, 4) is 0 Å². The Labute approximate surface area is 128 Å². The Bertz CT molecular complexity index is 637. The van der Waals surface area contributed by atoms with Crippen LogP contribution < -0.4 is 10.6 Å². The predicted octanol–water partition coefficient (Wildman–Crippen LogP) is 4.20. The van der Waals surface area contributed by atoms with Crippen LogP contribution in [0.25, 0.3) is 0 Å². The number of benzene rings is 2. The van der Waals surface area contributed by atoms with Gasteiger partial charge in [-0.05, 0) is 49.7 Å². The summed E-state index contributed by atoms with van der Waals surface area (Å²) < 4.78 is 0.976. The van der Waals surface area contributed by atoms with Crippen LogP contribution >= 0.6 is 15.9 Å². The zero-order valence-electron chi connectivity index (χ0n) is 11.7. The lowest BCUT2D eigenvalue weighted by Gasteiger charge is -2.26. The van der Waals surface area contributed by atoms with E-state index in [0.29, 0.717) is 0 Å². The lowest BCUT2D eigenvalue weighted by Crippen LogP contribution is -2.22. The highest BCUT2D eigenvalue weighted by molar-refractivity contribution is 9.10. The molecule has 20 heavy (non-hydrogen) atoms. The van der Waals surface area contributed by atoms with Gasteiger partial charge in [-0.2, -0.15) is 0 Å². The number of nitrogens with zero attached hydrogens (tertiary/aromatic N) is 1. The Balaban J connectivity index is 2.57. The summed E-state index contributed by atoms with van der Waals surface area (Å²) in [4.78, 5) is 2.16. The zero-order chi connectivity index (χ0) is 14.7. The normalized spacial score (nSPS) is 10.3. The molecule has 0 heterocycles. The lowest BCUT2D eigenvalue weighted by atomic mass is 10.1. The third-order valence-electron chi connectivity index (χ3n) is 3.17. The van der Waals surface area contributed by atoms with Crippen LogP contribution in [0.3, 0.4) is 0 Å². The molecule has 2 rings (SSSR count). The SMILES string of the molecule is CCN(c1cccc(C)c1)c1cc(Br)ccc1C(=N)N. The minimum atomic E-state index is 0.0820. The summed E-state index contributed by atoms with van der Waals surface area (Å²) in [7, 11) is 0. The number of aryl methyl sites for hydroxylation is 1. The fourth-order valence-corrected chi connectivity index (χ4v) is 2.59. The molecule has 0 unspecified atom stereocenters. The topological polar surface area (TPSA) is 53.1 Å². The Morgan fingerprint density at radius 3 is 2.60 bits per heavy atom. The Hall–Kier alpha value is -1.81. The van der Waals surface area contributed by atoms with Crippen LogP contribution in [0.1, 0.15) is 18.1 Å². The Kier molecular flexibility index (Phi) is 4.45. The molecule has 0 aliphatic rings. The van der Waals surface area contributed by atoms with Crippen molar-refractivity contribution in [2.75, 3.05) is 11.4 Å². The molecule has 0 saturated carbocycles. The van der Waals surface area contributed by atoms with Crippen molar-refractivity contribution in [2.24, 2.45) is 5.73 Å². The molecule has 0 amide bonds. The van der Waals surface area contributed by atoms with Gasteiger partial charge in [-0.25, -0.2) is 0 Å². The van der Waals surface area contributed by atoms with Gasteiger partial charge in [-0.3, -0.25) is 5.41 Å². The summed E-state index contributed by atoms with van der Waals surface area (Å²) in [5, 5.41) is 7.76. The Morgan fingerprint density at radius 1 is 1.25 bits per heavy atom. The highest BCUT2D eigenvalue weighted by Crippen LogP contribution is 2.31. The molecular weight excluding hydrogens is 314 g/mol. The summed E-state index contributed by atoms with van der Waals surface area (Å²) >= 11 is 3.49. The minimum Gasteiger partial charge on any atom is -0.384 e. The third-order valence-corrected chi connectivity index (χ3v) is 3.66. The molecule has 0 bridgehead atoms. The van der Waals surface area contributed by atoms with Crippen LogP contribution in [0.5, 0.6) is 0 Å². The number of nitrogen functional groups attached to an aromatic ring is 1. The van der Waals surface area contributed by atoms with E-state index in [9.17, 15) is 0 Å². The molecule has 0 aliphatic carbocycles. The van der Waals surface area contributed by atoms with E-state index in [2.05, 4.69) is 52.9 Å². The van der Waals surface area contributed by atoms with E-state index < -0.39 is 0 Å². The van der Waals surface area contributed by atoms with Crippen LogP contribution in [-0.4, -0.2) is 12.4 Å². The van der Waals surface area contributed by atoms with E-state index in [-0.39, 0.29) is 5.84 Å². The maximum Gasteiger partial charge on any atom is 0.124 e. The quantitative estimate of drug-likeness (QED) is 0.651. The number of rotatable bonds is 4. The molecule has 2 aromatic carbocycles. The minimum absolute atomic E-state index is 0.0820. The Morgan fingerprint density at radius 2 is 2.00 bits per heavy atom. The van der Waals surface area contributed by atoms with Gasteiger partial charge in [0.1, 0.15) is 5.84 Å². The lowest BCUT2D eigenvalue weighted by molar-refractivity contribution is 1.02. The highest BCUT2D eigenvalue weighted by Gasteiger charge is 2.14. The van der Waals surface area contributed by atoms with Gasteiger partial charge >= 0.3 is 0 Å². The van der Waals surface area contributed by atoms with Gasteiger partial charge in [-0.1, -0.05) is 28.1 Å². The van der Waals surface area contributed by atoms with Crippen molar-refractivity contribution in [3.63, 3.8) is 0 Å².